The monoisotopic (exact) mass is 412 g/mol. The Morgan fingerprint density at radius 2 is 1.81 bits per heavy atom. The van der Waals surface area contributed by atoms with E-state index in [1.165, 1.54) is 38.5 Å². The van der Waals surface area contributed by atoms with E-state index >= 15 is 0 Å². The molecule has 0 aliphatic carbocycles. The highest BCUT2D eigenvalue weighted by molar-refractivity contribution is 7.89. The summed E-state index contributed by atoms with van der Waals surface area (Å²) < 4.78 is 37.2. The SMILES string of the molecule is COC(=O)c1ccc(NC(=O)c2ccc(OC)c(S(=O)(=O)NC(C)C)c2)s1. The van der Waals surface area contributed by atoms with Crippen LogP contribution in [0.5, 0.6) is 5.75 Å². The van der Waals surface area contributed by atoms with Gasteiger partial charge >= 0.3 is 5.97 Å². The first-order chi connectivity index (χ1) is 12.7. The zero-order valence-electron chi connectivity index (χ0n) is 15.2. The van der Waals surface area contributed by atoms with Crippen LogP contribution < -0.4 is 14.8 Å². The Balaban J connectivity index is 2.30. The fourth-order valence-corrected chi connectivity index (χ4v) is 4.47. The van der Waals surface area contributed by atoms with Crippen molar-refractivity contribution in [2.45, 2.75) is 24.8 Å². The third-order valence-corrected chi connectivity index (χ3v) is 6.00. The van der Waals surface area contributed by atoms with E-state index < -0.39 is 21.9 Å². The molecule has 0 fully saturated rings. The molecule has 0 unspecified atom stereocenters. The van der Waals surface area contributed by atoms with Crippen molar-refractivity contribution < 1.29 is 27.5 Å². The van der Waals surface area contributed by atoms with Gasteiger partial charge in [0.25, 0.3) is 5.91 Å². The van der Waals surface area contributed by atoms with Gasteiger partial charge in [0.05, 0.1) is 19.2 Å². The molecule has 0 bridgehead atoms. The van der Waals surface area contributed by atoms with Gasteiger partial charge in [0.15, 0.2) is 0 Å². The van der Waals surface area contributed by atoms with Gasteiger partial charge in [-0.15, -0.1) is 11.3 Å². The van der Waals surface area contributed by atoms with Crippen molar-refractivity contribution in [2.75, 3.05) is 19.5 Å². The average molecular weight is 412 g/mol. The second kappa shape index (κ2) is 8.51. The lowest BCUT2D eigenvalue weighted by Crippen LogP contribution is -2.30. The molecule has 2 rings (SSSR count). The Kier molecular flexibility index (Phi) is 6.58. The van der Waals surface area contributed by atoms with Crippen LogP contribution in [0, 0.1) is 0 Å². The van der Waals surface area contributed by atoms with Crippen LogP contribution >= 0.6 is 11.3 Å². The van der Waals surface area contributed by atoms with E-state index in [4.69, 9.17) is 4.74 Å². The predicted molar refractivity (Wildman–Crippen MR) is 102 cm³/mol. The van der Waals surface area contributed by atoms with E-state index in [1.54, 1.807) is 19.9 Å². The molecule has 8 nitrogen and oxygen atoms in total. The van der Waals surface area contributed by atoms with Gasteiger partial charge in [-0.1, -0.05) is 0 Å². The molecule has 0 atom stereocenters. The predicted octanol–water partition coefficient (Wildman–Crippen LogP) is 2.48. The van der Waals surface area contributed by atoms with Crippen LogP contribution in [-0.4, -0.2) is 40.6 Å². The highest BCUT2D eigenvalue weighted by Gasteiger charge is 2.23. The van der Waals surface area contributed by atoms with E-state index in [0.29, 0.717) is 9.88 Å². The molecule has 2 N–H and O–H groups in total. The molecule has 10 heteroatoms. The maximum Gasteiger partial charge on any atom is 0.348 e. The van der Waals surface area contributed by atoms with Crippen molar-refractivity contribution >= 4 is 38.2 Å². The number of benzene rings is 1. The van der Waals surface area contributed by atoms with Gasteiger partial charge in [0, 0.05) is 11.6 Å². The summed E-state index contributed by atoms with van der Waals surface area (Å²) in [6, 6.07) is 6.89. The number of nitrogens with one attached hydrogen (secondary N) is 2. The number of carbonyl (C=O) groups is 2. The van der Waals surface area contributed by atoms with E-state index in [2.05, 4.69) is 14.8 Å². The van der Waals surface area contributed by atoms with Gasteiger partial charge < -0.3 is 14.8 Å². The smallest absolute Gasteiger partial charge is 0.348 e. The number of anilines is 1. The number of carbonyl (C=O) groups excluding carboxylic acids is 2. The van der Waals surface area contributed by atoms with Gasteiger partial charge in [-0.3, -0.25) is 4.79 Å². The minimum absolute atomic E-state index is 0.129. The quantitative estimate of drug-likeness (QED) is 0.676. The summed E-state index contributed by atoms with van der Waals surface area (Å²) in [4.78, 5) is 24.2. The van der Waals surface area contributed by atoms with Crippen LogP contribution in [0.4, 0.5) is 5.00 Å². The highest BCUT2D eigenvalue weighted by atomic mass is 32.2. The Morgan fingerprint density at radius 3 is 2.41 bits per heavy atom. The van der Waals surface area contributed by atoms with Crippen LogP contribution in [0.3, 0.4) is 0 Å². The number of ether oxygens (including phenoxy) is 2. The van der Waals surface area contributed by atoms with Crippen molar-refractivity contribution in [3.05, 3.63) is 40.8 Å². The molecule has 0 saturated heterocycles. The topological polar surface area (TPSA) is 111 Å². The van der Waals surface area contributed by atoms with Crippen molar-refractivity contribution in [1.82, 2.24) is 4.72 Å². The van der Waals surface area contributed by atoms with Crippen LogP contribution in [-0.2, 0) is 14.8 Å². The lowest BCUT2D eigenvalue weighted by atomic mass is 10.2. The van der Waals surface area contributed by atoms with E-state index in [1.807, 2.05) is 0 Å². The van der Waals surface area contributed by atoms with Crippen molar-refractivity contribution in [3.8, 4) is 5.75 Å². The number of sulfonamides is 1. The summed E-state index contributed by atoms with van der Waals surface area (Å²) in [7, 11) is -1.24. The van der Waals surface area contributed by atoms with Crippen LogP contribution in [0.15, 0.2) is 35.2 Å². The summed E-state index contributed by atoms with van der Waals surface area (Å²) in [5.74, 6) is -0.890. The Labute approximate surface area is 161 Å². The second-order valence-corrected chi connectivity index (χ2v) is 8.52. The van der Waals surface area contributed by atoms with Gasteiger partial charge in [-0.05, 0) is 44.2 Å². The minimum Gasteiger partial charge on any atom is -0.495 e. The molecule has 0 spiro atoms. The lowest BCUT2D eigenvalue weighted by Gasteiger charge is -2.14. The first-order valence-electron chi connectivity index (χ1n) is 7.87. The fraction of sp³-hybridized carbons (Fsp3) is 0.294. The molecule has 0 aliphatic rings. The molecule has 146 valence electrons. The van der Waals surface area contributed by atoms with Crippen LogP contribution in [0.25, 0.3) is 0 Å². The number of hydrogen-bond acceptors (Lipinski definition) is 7. The van der Waals surface area contributed by atoms with E-state index in [0.717, 1.165) is 11.3 Å². The lowest BCUT2D eigenvalue weighted by molar-refractivity contribution is 0.0606. The fourth-order valence-electron chi connectivity index (χ4n) is 2.20. The van der Waals surface area contributed by atoms with Gasteiger partial charge in [0.1, 0.15) is 15.5 Å². The molecule has 1 aromatic heterocycles. The molecule has 27 heavy (non-hydrogen) atoms. The molecule has 0 saturated carbocycles. The molecule has 2 aromatic rings. The summed E-state index contributed by atoms with van der Waals surface area (Å²) in [5.41, 5.74) is 0.132. The summed E-state index contributed by atoms with van der Waals surface area (Å²) in [6.07, 6.45) is 0. The number of thiophene rings is 1. The Hall–Kier alpha value is -2.43. The third kappa shape index (κ3) is 5.06. The van der Waals surface area contributed by atoms with Crippen LogP contribution in [0.2, 0.25) is 0 Å². The normalized spacial score (nSPS) is 11.3. The van der Waals surface area contributed by atoms with Gasteiger partial charge in [-0.2, -0.15) is 0 Å². The Morgan fingerprint density at radius 1 is 1.11 bits per heavy atom. The van der Waals surface area contributed by atoms with Gasteiger partial charge in [0.2, 0.25) is 10.0 Å². The summed E-state index contributed by atoms with van der Waals surface area (Å²) in [6.45, 7) is 3.38. The average Bonchev–Trinajstić information content (AvgIpc) is 3.07. The molecule has 1 heterocycles. The summed E-state index contributed by atoms with van der Waals surface area (Å²) in [5, 5.41) is 3.06. The Bertz CT molecular complexity index is 950. The zero-order valence-corrected chi connectivity index (χ0v) is 16.9. The standard InChI is InChI=1S/C17H20N2O6S2/c1-10(2)19-27(22,23)14-9-11(5-6-12(14)24-3)16(20)18-15-8-7-13(26-15)17(21)25-4/h5-10,19H,1-4H3,(H,18,20). The number of amides is 1. The van der Waals surface area contributed by atoms with Gasteiger partial charge in [-0.25, -0.2) is 17.9 Å². The number of hydrogen-bond donors (Lipinski definition) is 2. The van der Waals surface area contributed by atoms with E-state index in [9.17, 15) is 18.0 Å². The van der Waals surface area contributed by atoms with Crippen LogP contribution in [0.1, 0.15) is 33.9 Å². The third-order valence-electron chi connectivity index (χ3n) is 3.34. The minimum atomic E-state index is -3.86. The van der Waals surface area contributed by atoms with Crippen molar-refractivity contribution in [3.63, 3.8) is 0 Å². The van der Waals surface area contributed by atoms with Crippen molar-refractivity contribution in [1.29, 1.82) is 0 Å². The molecule has 1 aromatic carbocycles. The van der Waals surface area contributed by atoms with Crippen molar-refractivity contribution in [2.24, 2.45) is 0 Å². The highest BCUT2D eigenvalue weighted by Crippen LogP contribution is 2.27. The molecular formula is C17H20N2O6S2. The molecule has 0 aliphatic heterocycles. The second-order valence-electron chi connectivity index (χ2n) is 5.75. The van der Waals surface area contributed by atoms with E-state index in [-0.39, 0.29) is 22.3 Å². The number of methoxy groups -OCH3 is 2. The first kappa shape index (κ1) is 20.9. The maximum atomic E-state index is 12.5. The largest absolute Gasteiger partial charge is 0.495 e. The number of rotatable bonds is 7. The zero-order chi connectivity index (χ0) is 20.2. The molecule has 1 amide bonds. The summed E-state index contributed by atoms with van der Waals surface area (Å²) >= 11 is 1.05. The molecular weight excluding hydrogens is 392 g/mol. The first-order valence-corrected chi connectivity index (χ1v) is 10.2. The molecule has 0 radical (unpaired) electrons. The maximum absolute atomic E-state index is 12.5. The number of esters is 1.